The number of hydrogen-bond acceptors (Lipinski definition) is 3. The van der Waals surface area contributed by atoms with Gasteiger partial charge in [0.05, 0.1) is 5.52 Å². The third-order valence-electron chi connectivity index (χ3n) is 4.75. The van der Waals surface area contributed by atoms with Crippen molar-refractivity contribution in [3.63, 3.8) is 0 Å². The molecule has 0 spiro atoms. The molecule has 28 heavy (non-hydrogen) atoms. The lowest BCUT2D eigenvalue weighted by Crippen LogP contribution is -2.25. The summed E-state index contributed by atoms with van der Waals surface area (Å²) < 4.78 is 1.66. The van der Waals surface area contributed by atoms with Crippen LogP contribution in [-0.2, 0) is 0 Å². The smallest absolute Gasteiger partial charge is 0.292 e. The van der Waals surface area contributed by atoms with Crippen LogP contribution in [0.5, 0.6) is 0 Å². The van der Waals surface area contributed by atoms with E-state index in [0.29, 0.717) is 12.1 Å². The minimum atomic E-state index is -0.344. The number of carbonyl (C=O) groups excluding carboxylic acids is 2. The van der Waals surface area contributed by atoms with E-state index in [-0.39, 0.29) is 23.3 Å². The van der Waals surface area contributed by atoms with E-state index in [1.54, 1.807) is 16.7 Å². The van der Waals surface area contributed by atoms with Gasteiger partial charge in [-0.2, -0.15) is 0 Å². The molecule has 2 N–H and O–H groups in total. The van der Waals surface area contributed by atoms with Crippen LogP contribution < -0.4 is 10.6 Å². The second-order valence-corrected chi connectivity index (χ2v) is 6.92. The SMILES string of the molecule is CCCCCNC(=O)c1nc(C(=O)Nc2c(C)cccc2C)n2ccccc12. The number of aryl methyl sites for hydroxylation is 2. The van der Waals surface area contributed by atoms with Crippen molar-refractivity contribution in [2.45, 2.75) is 40.0 Å². The molecule has 2 aromatic heterocycles. The van der Waals surface area contributed by atoms with Gasteiger partial charge in [-0.3, -0.25) is 14.0 Å². The van der Waals surface area contributed by atoms with Gasteiger partial charge in [0.2, 0.25) is 5.82 Å². The maximum absolute atomic E-state index is 12.9. The first-order chi connectivity index (χ1) is 13.5. The number of amides is 2. The van der Waals surface area contributed by atoms with Gasteiger partial charge in [0.15, 0.2) is 5.69 Å². The van der Waals surface area contributed by atoms with Gasteiger partial charge in [-0.25, -0.2) is 4.98 Å². The molecule has 2 heterocycles. The molecule has 146 valence electrons. The van der Waals surface area contributed by atoms with Gasteiger partial charge in [-0.15, -0.1) is 0 Å². The first-order valence-electron chi connectivity index (χ1n) is 9.65. The molecule has 0 saturated carbocycles. The van der Waals surface area contributed by atoms with Crippen molar-refractivity contribution in [1.82, 2.24) is 14.7 Å². The molecule has 0 atom stereocenters. The predicted octanol–water partition coefficient (Wildman–Crippen LogP) is 4.12. The fraction of sp³-hybridized carbons (Fsp3) is 0.318. The molecule has 0 bridgehead atoms. The van der Waals surface area contributed by atoms with Crippen LogP contribution in [0, 0.1) is 13.8 Å². The second kappa shape index (κ2) is 8.69. The number of nitrogens with one attached hydrogen (secondary N) is 2. The summed E-state index contributed by atoms with van der Waals surface area (Å²) in [6, 6.07) is 11.3. The number of rotatable bonds is 7. The number of carbonyl (C=O) groups is 2. The lowest BCUT2D eigenvalue weighted by molar-refractivity contribution is 0.0950. The van der Waals surface area contributed by atoms with Crippen LogP contribution in [0.1, 0.15) is 58.4 Å². The summed E-state index contributed by atoms with van der Waals surface area (Å²) in [5, 5.41) is 5.84. The monoisotopic (exact) mass is 378 g/mol. The average Bonchev–Trinajstić information content (AvgIpc) is 3.08. The number of aromatic nitrogens is 2. The Kier molecular flexibility index (Phi) is 6.09. The Morgan fingerprint density at radius 1 is 1.00 bits per heavy atom. The number of para-hydroxylation sites is 1. The zero-order valence-corrected chi connectivity index (χ0v) is 16.6. The van der Waals surface area contributed by atoms with E-state index < -0.39 is 0 Å². The van der Waals surface area contributed by atoms with Crippen LogP contribution in [0.25, 0.3) is 5.52 Å². The first kappa shape index (κ1) is 19.6. The Bertz CT molecular complexity index is 987. The molecular weight excluding hydrogens is 352 g/mol. The molecule has 2 amide bonds. The second-order valence-electron chi connectivity index (χ2n) is 6.92. The van der Waals surface area contributed by atoms with Gasteiger partial charge >= 0.3 is 0 Å². The van der Waals surface area contributed by atoms with Crippen LogP contribution in [-0.4, -0.2) is 27.7 Å². The third kappa shape index (κ3) is 4.06. The summed E-state index contributed by atoms with van der Waals surface area (Å²) in [5.74, 6) is -0.411. The lowest BCUT2D eigenvalue weighted by atomic mass is 10.1. The van der Waals surface area contributed by atoms with E-state index in [1.165, 1.54) is 0 Å². The molecule has 6 nitrogen and oxygen atoms in total. The highest BCUT2D eigenvalue weighted by Gasteiger charge is 2.22. The highest BCUT2D eigenvalue weighted by Crippen LogP contribution is 2.21. The quantitative estimate of drug-likeness (QED) is 0.607. The number of nitrogens with zero attached hydrogens (tertiary/aromatic N) is 2. The topological polar surface area (TPSA) is 75.5 Å². The van der Waals surface area contributed by atoms with E-state index >= 15 is 0 Å². The largest absolute Gasteiger partial charge is 0.351 e. The van der Waals surface area contributed by atoms with Crippen molar-refractivity contribution in [2.75, 3.05) is 11.9 Å². The molecule has 0 aliphatic carbocycles. The van der Waals surface area contributed by atoms with Gasteiger partial charge in [-0.05, 0) is 43.5 Å². The molecule has 0 aliphatic heterocycles. The van der Waals surface area contributed by atoms with Crippen LogP contribution in [0.2, 0.25) is 0 Å². The summed E-state index contributed by atoms with van der Waals surface area (Å²) >= 11 is 0. The molecule has 0 aliphatic rings. The van der Waals surface area contributed by atoms with Crippen molar-refractivity contribution < 1.29 is 9.59 Å². The molecule has 0 unspecified atom stereocenters. The van der Waals surface area contributed by atoms with E-state index in [1.807, 2.05) is 44.2 Å². The summed E-state index contributed by atoms with van der Waals surface area (Å²) in [4.78, 5) is 29.9. The van der Waals surface area contributed by atoms with Gasteiger partial charge < -0.3 is 10.6 Å². The zero-order chi connectivity index (χ0) is 20.1. The van der Waals surface area contributed by atoms with Gasteiger partial charge in [0, 0.05) is 18.4 Å². The molecule has 1 aromatic carbocycles. The lowest BCUT2D eigenvalue weighted by Gasteiger charge is -2.10. The Balaban J connectivity index is 1.89. The van der Waals surface area contributed by atoms with E-state index in [9.17, 15) is 9.59 Å². The van der Waals surface area contributed by atoms with Crippen molar-refractivity contribution >= 4 is 23.0 Å². The van der Waals surface area contributed by atoms with Crippen molar-refractivity contribution in [3.05, 3.63) is 65.2 Å². The molecular formula is C22H26N4O2. The average molecular weight is 378 g/mol. The number of fused-ring (bicyclic) bond motifs is 1. The summed E-state index contributed by atoms with van der Waals surface area (Å²) in [7, 11) is 0. The third-order valence-corrected chi connectivity index (χ3v) is 4.75. The van der Waals surface area contributed by atoms with Crippen molar-refractivity contribution in [2.24, 2.45) is 0 Å². The molecule has 3 aromatic rings. The van der Waals surface area contributed by atoms with E-state index in [0.717, 1.165) is 36.1 Å². The van der Waals surface area contributed by atoms with Gasteiger partial charge in [-0.1, -0.05) is 44.0 Å². The standard InChI is InChI=1S/C22H26N4O2/c1-4-5-7-13-23-21(27)19-17-12-6-8-14-26(17)20(24-19)22(28)25-18-15(2)10-9-11-16(18)3/h6,8-12,14H,4-5,7,13H2,1-3H3,(H,23,27)(H,25,28). The zero-order valence-electron chi connectivity index (χ0n) is 16.6. The summed E-state index contributed by atoms with van der Waals surface area (Å²) in [6.07, 6.45) is 4.82. The molecule has 0 radical (unpaired) electrons. The van der Waals surface area contributed by atoms with Crippen molar-refractivity contribution in [3.8, 4) is 0 Å². The maximum Gasteiger partial charge on any atom is 0.292 e. The molecule has 6 heteroatoms. The summed E-state index contributed by atoms with van der Waals surface area (Å²) in [6.45, 7) is 6.61. The predicted molar refractivity (Wildman–Crippen MR) is 111 cm³/mol. The number of benzene rings is 1. The minimum Gasteiger partial charge on any atom is -0.351 e. The highest BCUT2D eigenvalue weighted by molar-refractivity contribution is 6.06. The number of anilines is 1. The van der Waals surface area contributed by atoms with Crippen molar-refractivity contribution in [1.29, 1.82) is 0 Å². The Hall–Kier alpha value is -3.15. The molecule has 3 rings (SSSR count). The fourth-order valence-electron chi connectivity index (χ4n) is 3.21. The molecule has 0 saturated heterocycles. The minimum absolute atomic E-state index is 0.192. The van der Waals surface area contributed by atoms with Gasteiger partial charge in [0.1, 0.15) is 0 Å². The fourth-order valence-corrected chi connectivity index (χ4v) is 3.21. The Morgan fingerprint density at radius 2 is 1.75 bits per heavy atom. The summed E-state index contributed by atoms with van der Waals surface area (Å²) in [5.41, 5.74) is 3.60. The van der Waals surface area contributed by atoms with Crippen LogP contribution in [0.4, 0.5) is 5.69 Å². The Morgan fingerprint density at radius 3 is 2.46 bits per heavy atom. The highest BCUT2D eigenvalue weighted by atomic mass is 16.2. The normalized spacial score (nSPS) is 10.8. The molecule has 0 fully saturated rings. The Labute approximate surface area is 165 Å². The number of hydrogen-bond donors (Lipinski definition) is 2. The number of unbranched alkanes of at least 4 members (excludes halogenated alkanes) is 2. The van der Waals surface area contributed by atoms with Crippen LogP contribution in [0.3, 0.4) is 0 Å². The van der Waals surface area contributed by atoms with E-state index in [4.69, 9.17) is 0 Å². The van der Waals surface area contributed by atoms with Gasteiger partial charge in [0.25, 0.3) is 11.8 Å². The van der Waals surface area contributed by atoms with E-state index in [2.05, 4.69) is 22.5 Å². The van der Waals surface area contributed by atoms with Crippen LogP contribution in [0.15, 0.2) is 42.6 Å². The van der Waals surface area contributed by atoms with Crippen LogP contribution >= 0.6 is 0 Å². The maximum atomic E-state index is 12.9. The number of imidazole rings is 1. The first-order valence-corrected chi connectivity index (χ1v) is 9.65. The number of pyridine rings is 1.